The van der Waals surface area contributed by atoms with Crippen molar-refractivity contribution in [2.24, 2.45) is 0 Å². The summed E-state index contributed by atoms with van der Waals surface area (Å²) in [5.74, 6) is -0.204. The number of halogens is 1. The van der Waals surface area contributed by atoms with Crippen LogP contribution in [0.4, 0.5) is 0 Å². The standard InChI is InChI=1S/C27H27BrO4/c1-3-31-26(27(29)30)18-20-4-14-25(15-5-20)32-17-16-19(2)21-6-8-22(9-7-21)23-10-12-24(28)13-11-23/h4-16,26H,3,17-18H2,1-2H3,(H,29,30)/b19-16+. The van der Waals surface area contributed by atoms with Gasteiger partial charge in [-0.15, -0.1) is 0 Å². The molecule has 1 atom stereocenters. The van der Waals surface area contributed by atoms with Gasteiger partial charge in [0, 0.05) is 17.5 Å². The monoisotopic (exact) mass is 494 g/mol. The fourth-order valence-corrected chi connectivity index (χ4v) is 3.57. The van der Waals surface area contributed by atoms with Crippen LogP contribution in [0.1, 0.15) is 25.0 Å². The molecule has 3 aromatic carbocycles. The first-order valence-corrected chi connectivity index (χ1v) is 11.3. The van der Waals surface area contributed by atoms with Crippen LogP contribution in [0.5, 0.6) is 5.75 Å². The molecular formula is C27H27BrO4. The lowest BCUT2D eigenvalue weighted by Gasteiger charge is -2.12. The lowest BCUT2D eigenvalue weighted by molar-refractivity contribution is -0.149. The molecule has 0 spiro atoms. The van der Waals surface area contributed by atoms with E-state index in [4.69, 9.17) is 9.47 Å². The van der Waals surface area contributed by atoms with Gasteiger partial charge >= 0.3 is 5.97 Å². The van der Waals surface area contributed by atoms with Crippen molar-refractivity contribution in [2.45, 2.75) is 26.4 Å². The third kappa shape index (κ3) is 6.81. The van der Waals surface area contributed by atoms with Gasteiger partial charge in [0.2, 0.25) is 0 Å². The summed E-state index contributed by atoms with van der Waals surface area (Å²) in [6.07, 6.45) is 1.56. The molecule has 0 amide bonds. The third-order valence-corrected chi connectivity index (χ3v) is 5.67. The molecule has 4 nitrogen and oxygen atoms in total. The van der Waals surface area contributed by atoms with Gasteiger partial charge in [0.25, 0.3) is 0 Å². The summed E-state index contributed by atoms with van der Waals surface area (Å²) in [5, 5.41) is 9.21. The third-order valence-electron chi connectivity index (χ3n) is 5.15. The van der Waals surface area contributed by atoms with E-state index in [9.17, 15) is 9.90 Å². The maximum Gasteiger partial charge on any atom is 0.333 e. The van der Waals surface area contributed by atoms with E-state index in [1.165, 1.54) is 11.1 Å². The lowest BCUT2D eigenvalue weighted by atomic mass is 10.0. The van der Waals surface area contributed by atoms with Gasteiger partial charge in [0.15, 0.2) is 6.10 Å². The van der Waals surface area contributed by atoms with Crippen LogP contribution >= 0.6 is 15.9 Å². The molecule has 3 aromatic rings. The van der Waals surface area contributed by atoms with E-state index in [0.29, 0.717) is 19.6 Å². The molecule has 1 N–H and O–H groups in total. The number of hydrogen-bond donors (Lipinski definition) is 1. The molecule has 3 rings (SSSR count). The van der Waals surface area contributed by atoms with Crippen LogP contribution in [0.25, 0.3) is 16.7 Å². The normalized spacial score (nSPS) is 12.4. The maximum absolute atomic E-state index is 11.2. The molecule has 0 aliphatic rings. The van der Waals surface area contributed by atoms with Gasteiger partial charge in [-0.25, -0.2) is 4.79 Å². The Kier molecular flexibility index (Phi) is 8.65. The average Bonchev–Trinajstić information content (AvgIpc) is 2.80. The van der Waals surface area contributed by atoms with Gasteiger partial charge in [-0.1, -0.05) is 64.5 Å². The summed E-state index contributed by atoms with van der Waals surface area (Å²) < 4.78 is 12.2. The van der Waals surface area contributed by atoms with Crippen LogP contribution in [0, 0.1) is 0 Å². The molecule has 0 heterocycles. The number of carbonyl (C=O) groups is 1. The maximum atomic E-state index is 11.2. The Morgan fingerprint density at radius 3 is 2.12 bits per heavy atom. The summed E-state index contributed by atoms with van der Waals surface area (Å²) in [5.41, 5.74) is 5.56. The smallest absolute Gasteiger partial charge is 0.333 e. The molecule has 32 heavy (non-hydrogen) atoms. The zero-order valence-corrected chi connectivity index (χ0v) is 19.8. The van der Waals surface area contributed by atoms with Gasteiger partial charge in [-0.2, -0.15) is 0 Å². The van der Waals surface area contributed by atoms with E-state index < -0.39 is 12.1 Å². The van der Waals surface area contributed by atoms with Crippen molar-refractivity contribution in [3.05, 3.63) is 94.5 Å². The Morgan fingerprint density at radius 1 is 0.969 bits per heavy atom. The number of aliphatic carboxylic acids is 1. The molecule has 0 radical (unpaired) electrons. The van der Waals surface area contributed by atoms with E-state index in [1.54, 1.807) is 6.92 Å². The first-order valence-electron chi connectivity index (χ1n) is 10.6. The van der Waals surface area contributed by atoms with E-state index in [0.717, 1.165) is 26.9 Å². The van der Waals surface area contributed by atoms with Crippen LogP contribution in [0.3, 0.4) is 0 Å². The molecule has 1 unspecified atom stereocenters. The molecule has 5 heteroatoms. The van der Waals surface area contributed by atoms with Crippen LogP contribution < -0.4 is 4.74 Å². The number of rotatable bonds is 10. The Hall–Kier alpha value is -2.89. The predicted molar refractivity (Wildman–Crippen MR) is 132 cm³/mol. The molecule has 0 saturated carbocycles. The number of hydrogen-bond acceptors (Lipinski definition) is 3. The molecule has 0 fully saturated rings. The Labute approximate surface area is 197 Å². The topological polar surface area (TPSA) is 55.8 Å². The van der Waals surface area contributed by atoms with Gasteiger partial charge in [0.1, 0.15) is 12.4 Å². The Balaban J connectivity index is 1.55. The predicted octanol–water partition coefficient (Wildman–Crippen LogP) is 6.63. The summed E-state index contributed by atoms with van der Waals surface area (Å²) >= 11 is 3.47. The van der Waals surface area contributed by atoms with Crippen molar-refractivity contribution in [3.8, 4) is 16.9 Å². The fourth-order valence-electron chi connectivity index (χ4n) is 3.30. The van der Waals surface area contributed by atoms with E-state index in [-0.39, 0.29) is 0 Å². The second-order valence-electron chi connectivity index (χ2n) is 7.41. The summed E-state index contributed by atoms with van der Waals surface area (Å²) in [6.45, 7) is 4.69. The Bertz CT molecular complexity index is 1040. The van der Waals surface area contributed by atoms with Crippen LogP contribution in [0.2, 0.25) is 0 Å². The Morgan fingerprint density at radius 2 is 1.56 bits per heavy atom. The molecule has 0 bridgehead atoms. The molecule has 0 aromatic heterocycles. The van der Waals surface area contributed by atoms with Crippen molar-refractivity contribution in [3.63, 3.8) is 0 Å². The van der Waals surface area contributed by atoms with Crippen molar-refractivity contribution in [1.29, 1.82) is 0 Å². The summed E-state index contributed by atoms with van der Waals surface area (Å²) in [4.78, 5) is 11.2. The molecular weight excluding hydrogens is 468 g/mol. The highest BCUT2D eigenvalue weighted by Gasteiger charge is 2.17. The highest BCUT2D eigenvalue weighted by atomic mass is 79.9. The minimum absolute atomic E-state index is 0.332. The van der Waals surface area contributed by atoms with Crippen molar-refractivity contribution >= 4 is 27.5 Å². The van der Waals surface area contributed by atoms with Crippen LogP contribution in [-0.4, -0.2) is 30.4 Å². The average molecular weight is 495 g/mol. The number of carboxylic acids is 1. The first kappa shape index (κ1) is 23.8. The fraction of sp³-hybridized carbons (Fsp3) is 0.222. The largest absolute Gasteiger partial charge is 0.490 e. The van der Waals surface area contributed by atoms with Gasteiger partial charge < -0.3 is 14.6 Å². The number of carboxylic acid groups (broad SMARTS) is 1. The molecule has 166 valence electrons. The van der Waals surface area contributed by atoms with E-state index >= 15 is 0 Å². The van der Waals surface area contributed by atoms with Crippen LogP contribution in [-0.2, 0) is 16.0 Å². The van der Waals surface area contributed by atoms with Gasteiger partial charge in [-0.05, 0) is 72.0 Å². The second-order valence-corrected chi connectivity index (χ2v) is 8.33. The quantitative estimate of drug-likeness (QED) is 0.343. The van der Waals surface area contributed by atoms with Crippen molar-refractivity contribution in [2.75, 3.05) is 13.2 Å². The van der Waals surface area contributed by atoms with Crippen molar-refractivity contribution < 1.29 is 19.4 Å². The van der Waals surface area contributed by atoms with E-state index in [2.05, 4.69) is 65.3 Å². The van der Waals surface area contributed by atoms with Gasteiger partial charge in [0.05, 0.1) is 0 Å². The van der Waals surface area contributed by atoms with Gasteiger partial charge in [-0.3, -0.25) is 0 Å². The highest BCUT2D eigenvalue weighted by Crippen LogP contribution is 2.24. The first-order chi connectivity index (χ1) is 15.5. The number of allylic oxidation sites excluding steroid dienone is 1. The summed E-state index contributed by atoms with van der Waals surface area (Å²) in [7, 11) is 0. The van der Waals surface area contributed by atoms with Crippen molar-refractivity contribution in [1.82, 2.24) is 0 Å². The second kappa shape index (κ2) is 11.7. The lowest BCUT2D eigenvalue weighted by Crippen LogP contribution is -2.26. The zero-order chi connectivity index (χ0) is 22.9. The number of ether oxygens (including phenoxy) is 2. The SMILES string of the molecule is CCOC(Cc1ccc(OC/C=C(\C)c2ccc(-c3ccc(Br)cc3)cc2)cc1)C(=O)O. The number of benzene rings is 3. The highest BCUT2D eigenvalue weighted by molar-refractivity contribution is 9.10. The molecule has 0 saturated heterocycles. The summed E-state index contributed by atoms with van der Waals surface area (Å²) in [6, 6.07) is 24.2. The molecule has 0 aliphatic carbocycles. The minimum atomic E-state index is -0.947. The van der Waals surface area contributed by atoms with Crippen LogP contribution in [0.15, 0.2) is 83.3 Å². The molecule has 0 aliphatic heterocycles. The van der Waals surface area contributed by atoms with E-state index in [1.807, 2.05) is 36.4 Å². The zero-order valence-electron chi connectivity index (χ0n) is 18.3. The minimum Gasteiger partial charge on any atom is -0.490 e.